The molecule has 1 aromatic heterocycles. The molecule has 0 aliphatic heterocycles. The Balaban J connectivity index is 1.67. The van der Waals surface area contributed by atoms with Gasteiger partial charge in [0.25, 0.3) is 5.91 Å². The van der Waals surface area contributed by atoms with Gasteiger partial charge in [0.15, 0.2) is 0 Å². The lowest BCUT2D eigenvalue weighted by molar-refractivity contribution is -0.114. The summed E-state index contributed by atoms with van der Waals surface area (Å²) in [5, 5.41) is 15.6. The number of nitriles is 1. The van der Waals surface area contributed by atoms with E-state index in [2.05, 4.69) is 25.8 Å². The molecule has 0 fully saturated rings. The predicted octanol–water partition coefficient (Wildman–Crippen LogP) is 1.46. The van der Waals surface area contributed by atoms with Crippen LogP contribution in [0.1, 0.15) is 5.56 Å². The lowest BCUT2D eigenvalue weighted by Crippen LogP contribution is -2.30. The number of imidazole rings is 1. The van der Waals surface area contributed by atoms with Crippen LogP contribution in [0.2, 0.25) is 0 Å². The Bertz CT molecular complexity index is 1030. The smallest absolute Gasteiger partial charge is 0.323 e. The minimum atomic E-state index is -0.574. The van der Waals surface area contributed by atoms with Gasteiger partial charge in [0.05, 0.1) is 16.7 Å². The summed E-state index contributed by atoms with van der Waals surface area (Å²) in [6.07, 6.45) is 0. The fourth-order valence-corrected chi connectivity index (χ4v) is 2.21. The third-order valence-corrected chi connectivity index (χ3v) is 3.43. The predicted molar refractivity (Wildman–Crippen MR) is 93.9 cm³/mol. The molecule has 8 nitrogen and oxygen atoms in total. The lowest BCUT2D eigenvalue weighted by Gasteiger charge is -2.04. The number of carbonyl (C=O) groups is 1. The van der Waals surface area contributed by atoms with E-state index in [1.807, 2.05) is 30.3 Å². The second-order valence-electron chi connectivity index (χ2n) is 5.19. The maximum absolute atomic E-state index is 12.0. The number of hydrogen-bond donors (Lipinski definition) is 4. The van der Waals surface area contributed by atoms with Crippen molar-refractivity contribution in [2.45, 2.75) is 6.54 Å². The average molecular weight is 334 g/mol. The maximum Gasteiger partial charge on any atom is 0.323 e. The van der Waals surface area contributed by atoms with Crippen LogP contribution in [0.25, 0.3) is 11.0 Å². The van der Waals surface area contributed by atoms with E-state index in [4.69, 9.17) is 5.26 Å². The number of rotatable bonds is 5. The molecule has 3 rings (SSSR count). The van der Waals surface area contributed by atoms with Gasteiger partial charge in [-0.1, -0.05) is 30.3 Å². The molecule has 0 aliphatic rings. The summed E-state index contributed by atoms with van der Waals surface area (Å²) in [6.45, 7) is 0.302. The molecule has 1 heterocycles. The monoisotopic (exact) mass is 334 g/mol. The molecule has 0 spiro atoms. The first kappa shape index (κ1) is 16.0. The van der Waals surface area contributed by atoms with Crippen molar-refractivity contribution < 1.29 is 4.79 Å². The Morgan fingerprint density at radius 1 is 1.12 bits per heavy atom. The number of H-pyrrole nitrogens is 2. The number of aromatic nitrogens is 2. The molecule has 0 unspecified atom stereocenters. The van der Waals surface area contributed by atoms with Gasteiger partial charge in [-0.3, -0.25) is 10.2 Å². The maximum atomic E-state index is 12.0. The number of anilines is 1. The number of hydrazone groups is 1. The highest BCUT2D eigenvalue weighted by Gasteiger charge is 2.10. The van der Waals surface area contributed by atoms with Gasteiger partial charge in [0, 0.05) is 6.54 Å². The van der Waals surface area contributed by atoms with E-state index in [-0.39, 0.29) is 11.4 Å². The van der Waals surface area contributed by atoms with Crippen LogP contribution in [0.15, 0.2) is 58.4 Å². The second-order valence-corrected chi connectivity index (χ2v) is 5.19. The standard InChI is InChI=1S/C17H14N6O2/c18-9-15(16(24)19-10-11-4-2-1-3-5-11)23-22-12-6-7-13-14(8-12)21-17(25)20-13/h1-8,22H,10H2,(H,19,24)(H2,20,21,25)/b23-15-. The first-order chi connectivity index (χ1) is 12.2. The normalized spacial score (nSPS) is 11.1. The Kier molecular flexibility index (Phi) is 4.58. The van der Waals surface area contributed by atoms with Crippen molar-refractivity contribution in [1.82, 2.24) is 15.3 Å². The Labute approximate surface area is 142 Å². The number of amides is 1. The summed E-state index contributed by atoms with van der Waals surface area (Å²) >= 11 is 0. The summed E-state index contributed by atoms with van der Waals surface area (Å²) < 4.78 is 0. The van der Waals surface area contributed by atoms with Gasteiger partial charge in [0.1, 0.15) is 6.07 Å². The Morgan fingerprint density at radius 3 is 2.64 bits per heavy atom. The van der Waals surface area contributed by atoms with Crippen molar-refractivity contribution in [3.63, 3.8) is 0 Å². The molecule has 25 heavy (non-hydrogen) atoms. The van der Waals surface area contributed by atoms with Crippen LogP contribution in [0, 0.1) is 11.3 Å². The lowest BCUT2D eigenvalue weighted by atomic mass is 10.2. The highest BCUT2D eigenvalue weighted by Crippen LogP contribution is 2.14. The van der Waals surface area contributed by atoms with Crippen molar-refractivity contribution in [2.24, 2.45) is 5.10 Å². The minimum absolute atomic E-state index is 0.293. The number of carbonyl (C=O) groups excluding carboxylic acids is 1. The van der Waals surface area contributed by atoms with E-state index in [9.17, 15) is 9.59 Å². The third kappa shape index (κ3) is 3.92. The van der Waals surface area contributed by atoms with Crippen LogP contribution in [-0.4, -0.2) is 21.6 Å². The molecular formula is C17H14N6O2. The number of benzene rings is 2. The van der Waals surface area contributed by atoms with Gasteiger partial charge in [-0.05, 0) is 23.8 Å². The summed E-state index contributed by atoms with van der Waals surface area (Å²) in [6, 6.07) is 16.1. The van der Waals surface area contributed by atoms with Gasteiger partial charge in [-0.15, -0.1) is 0 Å². The van der Waals surface area contributed by atoms with Crippen molar-refractivity contribution >= 4 is 28.3 Å². The van der Waals surface area contributed by atoms with E-state index in [0.717, 1.165) is 5.56 Å². The number of hydrogen-bond acceptors (Lipinski definition) is 5. The van der Waals surface area contributed by atoms with Crippen LogP contribution in [0.3, 0.4) is 0 Å². The molecule has 1 amide bonds. The van der Waals surface area contributed by atoms with Crippen molar-refractivity contribution in [3.8, 4) is 6.07 Å². The van der Waals surface area contributed by atoms with Gasteiger partial charge >= 0.3 is 5.69 Å². The van der Waals surface area contributed by atoms with E-state index < -0.39 is 5.91 Å². The largest absolute Gasteiger partial charge is 0.346 e. The van der Waals surface area contributed by atoms with Gasteiger partial charge in [-0.2, -0.15) is 10.4 Å². The topological polar surface area (TPSA) is 126 Å². The molecule has 0 bridgehead atoms. The van der Waals surface area contributed by atoms with Gasteiger partial charge in [0.2, 0.25) is 5.71 Å². The van der Waals surface area contributed by atoms with Gasteiger partial charge < -0.3 is 15.3 Å². The van der Waals surface area contributed by atoms with Crippen LogP contribution >= 0.6 is 0 Å². The summed E-state index contributed by atoms with van der Waals surface area (Å²) in [7, 11) is 0. The van der Waals surface area contributed by atoms with Crippen LogP contribution < -0.4 is 16.4 Å². The Hall–Kier alpha value is -3.86. The van der Waals surface area contributed by atoms with E-state index >= 15 is 0 Å². The van der Waals surface area contributed by atoms with Crippen molar-refractivity contribution in [3.05, 3.63) is 64.6 Å². The quantitative estimate of drug-likeness (QED) is 0.416. The van der Waals surface area contributed by atoms with Crippen LogP contribution in [-0.2, 0) is 11.3 Å². The third-order valence-electron chi connectivity index (χ3n) is 3.43. The van der Waals surface area contributed by atoms with E-state index in [1.54, 1.807) is 24.3 Å². The number of nitrogens with zero attached hydrogens (tertiary/aromatic N) is 2. The molecule has 0 radical (unpaired) electrons. The highest BCUT2D eigenvalue weighted by molar-refractivity contribution is 6.45. The summed E-state index contributed by atoms with van der Waals surface area (Å²) in [4.78, 5) is 28.5. The molecule has 0 aliphatic carbocycles. The number of fused-ring (bicyclic) bond motifs is 1. The first-order valence-corrected chi connectivity index (χ1v) is 7.43. The molecule has 3 aromatic rings. The zero-order chi connectivity index (χ0) is 17.6. The Morgan fingerprint density at radius 2 is 1.88 bits per heavy atom. The zero-order valence-corrected chi connectivity index (χ0v) is 13.0. The van der Waals surface area contributed by atoms with Crippen LogP contribution in [0.5, 0.6) is 0 Å². The zero-order valence-electron chi connectivity index (χ0n) is 13.0. The fourth-order valence-electron chi connectivity index (χ4n) is 2.21. The minimum Gasteiger partial charge on any atom is -0.346 e. The van der Waals surface area contributed by atoms with Crippen LogP contribution in [0.4, 0.5) is 5.69 Å². The molecule has 4 N–H and O–H groups in total. The molecular weight excluding hydrogens is 320 g/mol. The molecule has 0 saturated carbocycles. The number of nitrogens with one attached hydrogen (secondary N) is 4. The van der Waals surface area contributed by atoms with Crippen molar-refractivity contribution in [2.75, 3.05) is 5.43 Å². The van der Waals surface area contributed by atoms with E-state index in [1.165, 1.54) is 0 Å². The van der Waals surface area contributed by atoms with Gasteiger partial charge in [-0.25, -0.2) is 4.79 Å². The number of aromatic amines is 2. The summed E-state index contributed by atoms with van der Waals surface area (Å²) in [5.41, 5.74) is 4.74. The van der Waals surface area contributed by atoms with Crippen molar-refractivity contribution in [1.29, 1.82) is 5.26 Å². The summed E-state index contributed by atoms with van der Waals surface area (Å²) in [5.74, 6) is -0.574. The molecule has 0 saturated heterocycles. The second kappa shape index (κ2) is 7.14. The van der Waals surface area contributed by atoms with E-state index in [0.29, 0.717) is 23.3 Å². The molecule has 124 valence electrons. The fraction of sp³-hybridized carbons (Fsp3) is 0.0588. The molecule has 0 atom stereocenters. The average Bonchev–Trinajstić information content (AvgIpc) is 3.00. The molecule has 8 heteroatoms. The first-order valence-electron chi connectivity index (χ1n) is 7.43. The highest BCUT2D eigenvalue weighted by atomic mass is 16.2. The molecule has 2 aromatic carbocycles. The SMILES string of the molecule is N#C/C(=N/Nc1ccc2[nH]c(=O)[nH]c2c1)C(=O)NCc1ccccc1.